The zero-order chi connectivity index (χ0) is 16.1. The summed E-state index contributed by atoms with van der Waals surface area (Å²) in [4.78, 5) is 2.24. The van der Waals surface area contributed by atoms with Gasteiger partial charge in [-0.25, -0.2) is 3.63 Å². The van der Waals surface area contributed by atoms with Crippen LogP contribution in [0.15, 0.2) is 58.3 Å². The zero-order valence-corrected chi connectivity index (χ0v) is 14.4. The molecule has 2 rings (SSSR count). The van der Waals surface area contributed by atoms with E-state index in [1.54, 1.807) is 0 Å². The topological polar surface area (TPSA) is 49.7 Å². The van der Waals surface area contributed by atoms with Crippen molar-refractivity contribution in [1.29, 1.82) is 0 Å². The fourth-order valence-corrected chi connectivity index (χ4v) is 2.54. The fraction of sp³-hybridized carbons (Fsp3) is 0.250. The fourth-order valence-electron chi connectivity index (χ4n) is 1.28. The van der Waals surface area contributed by atoms with Gasteiger partial charge in [0.05, 0.1) is 0 Å². The first-order valence-electron chi connectivity index (χ1n) is 6.28. The second-order valence-electron chi connectivity index (χ2n) is 3.86. The van der Waals surface area contributed by atoms with Gasteiger partial charge in [0.1, 0.15) is 0 Å². The summed E-state index contributed by atoms with van der Waals surface area (Å²) in [5.74, 6) is 0. The van der Waals surface area contributed by atoms with Crippen molar-refractivity contribution in [3.05, 3.63) is 59.7 Å². The van der Waals surface area contributed by atoms with Gasteiger partial charge in [0.25, 0.3) is 0 Å². The molecule has 0 spiro atoms. The number of hydrogen-bond donors (Lipinski definition) is 2. The van der Waals surface area contributed by atoms with Crippen molar-refractivity contribution in [2.75, 3.05) is 14.2 Å². The molecule has 0 aliphatic heterocycles. The number of aryl methyl sites for hydroxylation is 2. The van der Waals surface area contributed by atoms with Gasteiger partial charge in [0.15, 0.2) is 0 Å². The van der Waals surface area contributed by atoms with Crippen molar-refractivity contribution < 1.29 is 13.8 Å². The van der Waals surface area contributed by atoms with E-state index in [0.717, 1.165) is 24.0 Å². The molecule has 5 heteroatoms. The minimum atomic E-state index is 1.00. The molecule has 0 saturated heterocycles. The molecule has 116 valence electrons. The van der Waals surface area contributed by atoms with Crippen LogP contribution in [0.1, 0.15) is 11.1 Å². The number of benzene rings is 2. The third kappa shape index (κ3) is 8.80. The summed E-state index contributed by atoms with van der Waals surface area (Å²) < 4.78 is 5.52. The molecule has 0 bridgehead atoms. The van der Waals surface area contributed by atoms with Crippen molar-refractivity contribution in [2.24, 2.45) is 0 Å². The van der Waals surface area contributed by atoms with Gasteiger partial charge in [-0.05, 0) is 38.1 Å². The van der Waals surface area contributed by atoms with Crippen molar-refractivity contribution >= 4 is 24.1 Å². The molecule has 2 N–H and O–H groups in total. The first-order chi connectivity index (χ1) is 10.2. The summed E-state index contributed by atoms with van der Waals surface area (Å²) in [6, 6.07) is 16.6. The molecule has 0 aliphatic rings. The maximum absolute atomic E-state index is 7.00. The van der Waals surface area contributed by atoms with E-state index < -0.39 is 0 Å². The number of aliphatic hydroxyl groups is 2. The van der Waals surface area contributed by atoms with Gasteiger partial charge < -0.3 is 10.2 Å². The summed E-state index contributed by atoms with van der Waals surface area (Å²) in [7, 11) is 2.00. The van der Waals surface area contributed by atoms with Crippen LogP contribution in [0.3, 0.4) is 0 Å². The number of rotatable bonds is 4. The first kappa shape index (κ1) is 20.0. The van der Waals surface area contributed by atoms with E-state index in [-0.39, 0.29) is 0 Å². The molecule has 21 heavy (non-hydrogen) atoms. The maximum Gasteiger partial charge on any atom is 0.0447 e. The molecule has 3 nitrogen and oxygen atoms in total. The summed E-state index contributed by atoms with van der Waals surface area (Å²) >= 11 is 2.78. The molecule has 0 radical (unpaired) electrons. The van der Waals surface area contributed by atoms with Gasteiger partial charge in [-0.3, -0.25) is 0 Å². The molecule has 0 amide bonds. The van der Waals surface area contributed by atoms with Crippen LogP contribution in [-0.4, -0.2) is 24.4 Å². The Bertz CT molecular complexity index is 424. The quantitative estimate of drug-likeness (QED) is 0.823. The highest BCUT2D eigenvalue weighted by molar-refractivity contribution is 8.07. The van der Waals surface area contributed by atoms with Crippen molar-refractivity contribution in [1.82, 2.24) is 0 Å². The lowest BCUT2D eigenvalue weighted by atomic mass is 10.2. The molecular weight excluding hydrogens is 304 g/mol. The predicted molar refractivity (Wildman–Crippen MR) is 91.4 cm³/mol. The van der Waals surface area contributed by atoms with Crippen LogP contribution in [0.4, 0.5) is 0 Å². The Morgan fingerprint density at radius 2 is 0.905 bits per heavy atom. The molecule has 0 unspecified atom stereocenters. The van der Waals surface area contributed by atoms with E-state index in [4.69, 9.17) is 13.8 Å². The van der Waals surface area contributed by atoms with Gasteiger partial charge in [-0.15, -0.1) is 0 Å². The molecule has 2 aromatic rings. The summed E-state index contributed by atoms with van der Waals surface area (Å²) in [6.07, 6.45) is 0. The van der Waals surface area contributed by atoms with Gasteiger partial charge >= 0.3 is 0 Å². The highest BCUT2D eigenvalue weighted by Gasteiger charge is 1.97. The lowest BCUT2D eigenvalue weighted by Crippen LogP contribution is -1.75. The second kappa shape index (κ2) is 12.7. The molecule has 0 atom stereocenters. The first-order valence-corrected chi connectivity index (χ1v) is 7.76. The highest BCUT2D eigenvalue weighted by atomic mass is 32.2. The minimum absolute atomic E-state index is 1.00. The predicted octanol–water partition coefficient (Wildman–Crippen LogP) is 4.25. The average Bonchev–Trinajstić information content (AvgIpc) is 2.55. The van der Waals surface area contributed by atoms with Crippen LogP contribution in [0, 0.1) is 13.8 Å². The molecule has 0 aromatic heterocycles. The van der Waals surface area contributed by atoms with Crippen LogP contribution >= 0.6 is 24.1 Å². The van der Waals surface area contributed by atoms with E-state index in [1.165, 1.54) is 35.2 Å². The van der Waals surface area contributed by atoms with Crippen LogP contribution in [-0.2, 0) is 3.63 Å². The average molecular weight is 326 g/mol. The normalized spacial score (nSPS) is 9.05. The molecule has 2 aromatic carbocycles. The Morgan fingerprint density at radius 3 is 1.19 bits per heavy atom. The van der Waals surface area contributed by atoms with Crippen molar-refractivity contribution in [3.63, 3.8) is 0 Å². The van der Waals surface area contributed by atoms with E-state index in [0.29, 0.717) is 0 Å². The number of aliphatic hydroxyl groups excluding tert-OH is 2. The Labute approximate surface area is 135 Å². The monoisotopic (exact) mass is 326 g/mol. The Balaban J connectivity index is 0.000000921. The highest BCUT2D eigenvalue weighted by Crippen LogP contribution is 2.29. The Kier molecular flexibility index (Phi) is 12.1. The van der Waals surface area contributed by atoms with Gasteiger partial charge in [-0.1, -0.05) is 35.4 Å². The van der Waals surface area contributed by atoms with Crippen LogP contribution in [0.2, 0.25) is 0 Å². The van der Waals surface area contributed by atoms with E-state index in [1.807, 2.05) is 0 Å². The third-order valence-electron chi connectivity index (χ3n) is 2.30. The Morgan fingerprint density at radius 1 is 0.619 bits per heavy atom. The molecule has 0 fully saturated rings. The minimum Gasteiger partial charge on any atom is -0.400 e. The van der Waals surface area contributed by atoms with Crippen LogP contribution in [0.25, 0.3) is 0 Å². The van der Waals surface area contributed by atoms with E-state index in [2.05, 4.69) is 62.4 Å². The van der Waals surface area contributed by atoms with Gasteiger partial charge in [-0.2, -0.15) is 0 Å². The second-order valence-corrected chi connectivity index (χ2v) is 5.68. The standard InChI is InChI=1S/C14H14OS2.2CH4O/c1-11-3-7-13(8-4-11)16-15-17-14-9-5-12(2)6-10-14;2*1-2/h3-10H,1-2H3;2*2H,1H3. The van der Waals surface area contributed by atoms with E-state index >= 15 is 0 Å². The van der Waals surface area contributed by atoms with Gasteiger partial charge in [0, 0.05) is 48.1 Å². The Hall–Kier alpha value is -0.980. The largest absolute Gasteiger partial charge is 0.400 e. The van der Waals surface area contributed by atoms with E-state index in [9.17, 15) is 0 Å². The molecule has 0 aliphatic carbocycles. The number of hydrogen-bond acceptors (Lipinski definition) is 5. The smallest absolute Gasteiger partial charge is 0.0447 e. The molecule has 0 saturated carbocycles. The molecule has 0 heterocycles. The zero-order valence-electron chi connectivity index (χ0n) is 12.7. The summed E-state index contributed by atoms with van der Waals surface area (Å²) in [5, 5.41) is 14.0. The van der Waals surface area contributed by atoms with Crippen molar-refractivity contribution in [3.8, 4) is 0 Å². The summed E-state index contributed by atoms with van der Waals surface area (Å²) in [5.41, 5.74) is 2.53. The van der Waals surface area contributed by atoms with Crippen molar-refractivity contribution in [2.45, 2.75) is 23.6 Å². The van der Waals surface area contributed by atoms with Gasteiger partial charge in [0.2, 0.25) is 0 Å². The SMILES string of the molecule is CO.CO.Cc1ccc(SOSc2ccc(C)cc2)cc1. The van der Waals surface area contributed by atoms with Crippen LogP contribution in [0.5, 0.6) is 0 Å². The van der Waals surface area contributed by atoms with Crippen LogP contribution < -0.4 is 0 Å². The third-order valence-corrected chi connectivity index (χ3v) is 3.78. The lowest BCUT2D eigenvalue weighted by Gasteiger charge is -2.02. The summed E-state index contributed by atoms with van der Waals surface area (Å²) in [6.45, 7) is 4.16. The lowest BCUT2D eigenvalue weighted by molar-refractivity contribution is 0.399. The molecular formula is C16H22O3S2. The maximum atomic E-state index is 7.00.